The van der Waals surface area contributed by atoms with Crippen LogP contribution in [-0.2, 0) is 0 Å². The number of fused-ring (bicyclic) bond motifs is 1. The largest absolute Gasteiger partial charge is 0.385 e. The first kappa shape index (κ1) is 8.52. The topological polar surface area (TPSA) is 20.2 Å². The number of hydrogen-bond acceptors (Lipinski definition) is 1. The fraction of sp³-hybridized carbons (Fsp3) is 0.333. The molecule has 0 fully saturated rings. The molecule has 0 aromatic heterocycles. The summed E-state index contributed by atoms with van der Waals surface area (Å²) in [5, 5.41) is 10.0. The summed E-state index contributed by atoms with van der Waals surface area (Å²) >= 11 is 0. The molecule has 0 spiro atoms. The van der Waals surface area contributed by atoms with Crippen molar-refractivity contribution in [3.63, 3.8) is 0 Å². The van der Waals surface area contributed by atoms with Gasteiger partial charge in [-0.15, -0.1) is 0 Å². The number of hydrogen-bond donors (Lipinski definition) is 1. The van der Waals surface area contributed by atoms with Crippen molar-refractivity contribution in [2.75, 3.05) is 0 Å². The van der Waals surface area contributed by atoms with Crippen molar-refractivity contribution in [1.29, 1.82) is 0 Å². The molecule has 1 heteroatoms. The van der Waals surface area contributed by atoms with Crippen LogP contribution < -0.4 is 0 Å². The molecule has 0 bridgehead atoms. The summed E-state index contributed by atoms with van der Waals surface area (Å²) in [6, 6.07) is 8.20. The first-order chi connectivity index (χ1) is 6.11. The number of aliphatic hydroxyl groups is 1. The van der Waals surface area contributed by atoms with Crippen LogP contribution in [0.25, 0.3) is 6.08 Å². The lowest BCUT2D eigenvalue weighted by Gasteiger charge is -2.32. The zero-order chi connectivity index (χ0) is 9.47. The van der Waals surface area contributed by atoms with Gasteiger partial charge in [-0.2, -0.15) is 0 Å². The zero-order valence-corrected chi connectivity index (χ0v) is 7.99. The van der Waals surface area contributed by atoms with E-state index in [1.54, 1.807) is 0 Å². The molecule has 1 nitrogen and oxygen atoms in total. The van der Waals surface area contributed by atoms with Crippen LogP contribution in [0.5, 0.6) is 0 Å². The number of benzene rings is 1. The lowest BCUT2D eigenvalue weighted by molar-refractivity contribution is 0.0856. The van der Waals surface area contributed by atoms with Gasteiger partial charge in [0.25, 0.3) is 0 Å². The van der Waals surface area contributed by atoms with Crippen LogP contribution in [0, 0.1) is 0 Å². The first-order valence-electron chi connectivity index (χ1n) is 4.62. The fourth-order valence-corrected chi connectivity index (χ4v) is 1.77. The van der Waals surface area contributed by atoms with Gasteiger partial charge in [-0.25, -0.2) is 0 Å². The van der Waals surface area contributed by atoms with Gasteiger partial charge in [0.2, 0.25) is 0 Å². The summed E-state index contributed by atoms with van der Waals surface area (Å²) in [4.78, 5) is 0. The molecule has 1 N–H and O–H groups in total. The zero-order valence-electron chi connectivity index (χ0n) is 7.99. The van der Waals surface area contributed by atoms with E-state index < -0.39 is 5.60 Å². The highest BCUT2D eigenvalue weighted by atomic mass is 16.3. The average molecular weight is 174 g/mol. The maximum atomic E-state index is 10.0. The molecule has 1 aromatic rings. The fourth-order valence-electron chi connectivity index (χ4n) is 1.77. The van der Waals surface area contributed by atoms with E-state index in [4.69, 9.17) is 0 Å². The number of rotatable bonds is 0. The molecular weight excluding hydrogens is 160 g/mol. The molecule has 0 aliphatic heterocycles. The summed E-state index contributed by atoms with van der Waals surface area (Å²) in [6.07, 6.45) is 3.87. The van der Waals surface area contributed by atoms with Gasteiger partial charge in [0.1, 0.15) is 0 Å². The Balaban J connectivity index is 2.55. The average Bonchev–Trinajstić information content (AvgIpc) is 2.13. The molecule has 1 aliphatic rings. The standard InChI is InChI=1S/C12H14O/c1-9-11-6-4-3-5-10(11)7-8-12(9,2)13/h3-9,13H,1-2H3. The van der Waals surface area contributed by atoms with E-state index in [-0.39, 0.29) is 5.92 Å². The normalized spacial score (nSPS) is 31.5. The van der Waals surface area contributed by atoms with Crippen LogP contribution in [0.4, 0.5) is 0 Å². The third-order valence-corrected chi connectivity index (χ3v) is 2.94. The molecule has 68 valence electrons. The molecule has 0 radical (unpaired) electrons. The minimum Gasteiger partial charge on any atom is -0.385 e. The van der Waals surface area contributed by atoms with Crippen molar-refractivity contribution in [3.8, 4) is 0 Å². The highest BCUT2D eigenvalue weighted by molar-refractivity contribution is 5.59. The summed E-state index contributed by atoms with van der Waals surface area (Å²) in [5.74, 6) is 0.175. The maximum absolute atomic E-state index is 10.0. The molecule has 1 aliphatic carbocycles. The molecule has 2 rings (SSSR count). The quantitative estimate of drug-likeness (QED) is 0.641. The Morgan fingerprint density at radius 2 is 2.00 bits per heavy atom. The molecule has 2 atom stereocenters. The Morgan fingerprint density at radius 3 is 2.77 bits per heavy atom. The van der Waals surface area contributed by atoms with E-state index in [1.165, 1.54) is 11.1 Å². The Labute approximate surface area is 78.7 Å². The molecular formula is C12H14O. The summed E-state index contributed by atoms with van der Waals surface area (Å²) in [7, 11) is 0. The summed E-state index contributed by atoms with van der Waals surface area (Å²) in [6.45, 7) is 3.91. The third-order valence-electron chi connectivity index (χ3n) is 2.94. The smallest absolute Gasteiger partial charge is 0.0868 e. The SMILES string of the molecule is CC1c2ccccc2C=CC1(C)O. The minimum absolute atomic E-state index is 0.175. The Hall–Kier alpha value is -1.08. The van der Waals surface area contributed by atoms with Crippen LogP contribution in [0.2, 0.25) is 0 Å². The highest BCUT2D eigenvalue weighted by Gasteiger charge is 2.30. The van der Waals surface area contributed by atoms with Gasteiger partial charge in [0, 0.05) is 5.92 Å². The minimum atomic E-state index is -0.700. The highest BCUT2D eigenvalue weighted by Crippen LogP contribution is 2.35. The van der Waals surface area contributed by atoms with Crippen LogP contribution in [0.3, 0.4) is 0 Å². The Kier molecular flexibility index (Phi) is 1.77. The van der Waals surface area contributed by atoms with Crippen molar-refractivity contribution >= 4 is 6.08 Å². The van der Waals surface area contributed by atoms with Gasteiger partial charge >= 0.3 is 0 Å². The van der Waals surface area contributed by atoms with Gasteiger partial charge < -0.3 is 5.11 Å². The Morgan fingerprint density at radius 1 is 1.31 bits per heavy atom. The van der Waals surface area contributed by atoms with Crippen molar-refractivity contribution < 1.29 is 5.11 Å². The van der Waals surface area contributed by atoms with Crippen molar-refractivity contribution in [2.45, 2.75) is 25.4 Å². The van der Waals surface area contributed by atoms with E-state index in [0.29, 0.717) is 0 Å². The van der Waals surface area contributed by atoms with E-state index in [1.807, 2.05) is 31.2 Å². The second-order valence-electron chi connectivity index (χ2n) is 3.91. The lowest BCUT2D eigenvalue weighted by Crippen LogP contribution is -2.30. The summed E-state index contributed by atoms with van der Waals surface area (Å²) < 4.78 is 0. The van der Waals surface area contributed by atoms with Gasteiger partial charge in [-0.05, 0) is 18.1 Å². The van der Waals surface area contributed by atoms with Gasteiger partial charge in [-0.1, -0.05) is 43.3 Å². The molecule has 0 saturated carbocycles. The van der Waals surface area contributed by atoms with Crippen molar-refractivity contribution in [2.24, 2.45) is 0 Å². The molecule has 0 saturated heterocycles. The maximum Gasteiger partial charge on any atom is 0.0868 e. The van der Waals surface area contributed by atoms with E-state index in [0.717, 1.165) is 0 Å². The molecule has 2 unspecified atom stereocenters. The van der Waals surface area contributed by atoms with E-state index >= 15 is 0 Å². The molecule has 0 heterocycles. The molecule has 13 heavy (non-hydrogen) atoms. The predicted octanol–water partition coefficient (Wildman–Crippen LogP) is 2.57. The monoisotopic (exact) mass is 174 g/mol. The lowest BCUT2D eigenvalue weighted by atomic mass is 9.78. The van der Waals surface area contributed by atoms with Crippen LogP contribution in [0.15, 0.2) is 30.3 Å². The third kappa shape index (κ3) is 1.29. The van der Waals surface area contributed by atoms with Crippen molar-refractivity contribution in [3.05, 3.63) is 41.5 Å². The predicted molar refractivity (Wildman–Crippen MR) is 54.5 cm³/mol. The van der Waals surface area contributed by atoms with E-state index in [2.05, 4.69) is 19.1 Å². The Bertz CT molecular complexity index is 350. The summed E-state index contributed by atoms with van der Waals surface area (Å²) in [5.41, 5.74) is 1.76. The second kappa shape index (κ2) is 2.71. The van der Waals surface area contributed by atoms with E-state index in [9.17, 15) is 5.11 Å². The second-order valence-corrected chi connectivity index (χ2v) is 3.91. The van der Waals surface area contributed by atoms with Crippen molar-refractivity contribution in [1.82, 2.24) is 0 Å². The van der Waals surface area contributed by atoms with Gasteiger partial charge in [-0.3, -0.25) is 0 Å². The van der Waals surface area contributed by atoms with Gasteiger partial charge in [0.15, 0.2) is 0 Å². The van der Waals surface area contributed by atoms with Gasteiger partial charge in [0.05, 0.1) is 5.60 Å². The van der Waals surface area contributed by atoms with Crippen LogP contribution >= 0.6 is 0 Å². The first-order valence-corrected chi connectivity index (χ1v) is 4.62. The van der Waals surface area contributed by atoms with Crippen LogP contribution in [0.1, 0.15) is 30.9 Å². The molecule has 1 aromatic carbocycles. The van der Waals surface area contributed by atoms with Crippen LogP contribution in [-0.4, -0.2) is 10.7 Å². The molecule has 0 amide bonds.